The van der Waals surface area contributed by atoms with Gasteiger partial charge < -0.3 is 26.0 Å². The standard InChI is InChI=1S/C18H26F2N4O6/c1-8(2)11(21)13(26)22-10-5-6-24(16(29)23-10)14-18(19,20)12(9(7-25)30-14)17(3,4)15(27)28/h5-6,8-9,11-12,14,25H,7,21H2,1-4H3,(H,27,28)(H,22,23,26,29)/t9-,11?,12-,14+/m0/s1. The summed E-state index contributed by atoms with van der Waals surface area (Å²) >= 11 is 0. The van der Waals surface area contributed by atoms with Gasteiger partial charge in [-0.25, -0.2) is 13.6 Å². The van der Waals surface area contributed by atoms with E-state index in [1.807, 2.05) is 0 Å². The molecule has 2 rings (SSSR count). The zero-order chi connectivity index (χ0) is 23.0. The molecule has 4 atom stereocenters. The number of carbonyl (C=O) groups excluding carboxylic acids is 1. The van der Waals surface area contributed by atoms with Crippen LogP contribution in [0.4, 0.5) is 14.6 Å². The fourth-order valence-electron chi connectivity index (χ4n) is 3.39. The number of aromatic nitrogens is 2. The maximum atomic E-state index is 15.2. The fraction of sp³-hybridized carbons (Fsp3) is 0.667. The number of nitrogens with zero attached hydrogens (tertiary/aromatic N) is 2. The number of carboxylic acid groups (broad SMARTS) is 1. The van der Waals surface area contributed by atoms with Crippen LogP contribution in [0, 0.1) is 17.3 Å². The quantitative estimate of drug-likeness (QED) is 0.483. The Kier molecular flexibility index (Phi) is 6.64. The summed E-state index contributed by atoms with van der Waals surface area (Å²) in [5, 5.41) is 21.2. The molecule has 0 saturated carbocycles. The third-order valence-electron chi connectivity index (χ3n) is 5.28. The summed E-state index contributed by atoms with van der Waals surface area (Å²) in [4.78, 5) is 39.4. The van der Waals surface area contributed by atoms with Crippen molar-refractivity contribution in [2.45, 2.75) is 52.0 Å². The van der Waals surface area contributed by atoms with Crippen molar-refractivity contribution in [1.29, 1.82) is 0 Å². The van der Waals surface area contributed by atoms with Gasteiger partial charge in [0.05, 0.1) is 30.1 Å². The number of anilines is 1. The SMILES string of the molecule is CC(C)C(N)C(=O)Nc1ccn([C@@H]2O[C@@H](CO)[C@@H](C(C)(C)C(=O)O)C2(F)F)c(=O)n1. The summed E-state index contributed by atoms with van der Waals surface area (Å²) in [5.74, 6) is -8.18. The van der Waals surface area contributed by atoms with Crippen molar-refractivity contribution in [1.82, 2.24) is 9.55 Å². The van der Waals surface area contributed by atoms with Crippen molar-refractivity contribution in [2.24, 2.45) is 23.0 Å². The number of nitrogens with two attached hydrogens (primary N) is 1. The van der Waals surface area contributed by atoms with E-state index in [1.54, 1.807) is 13.8 Å². The molecule has 10 nitrogen and oxygen atoms in total. The second-order valence-corrected chi connectivity index (χ2v) is 8.15. The minimum atomic E-state index is -3.81. The molecule has 0 radical (unpaired) electrons. The van der Waals surface area contributed by atoms with Crippen LogP contribution in [0.25, 0.3) is 0 Å². The molecule has 1 fully saturated rings. The zero-order valence-corrected chi connectivity index (χ0v) is 17.0. The van der Waals surface area contributed by atoms with Gasteiger partial charge in [-0.05, 0) is 25.8 Å². The van der Waals surface area contributed by atoms with Gasteiger partial charge in [0.2, 0.25) is 12.1 Å². The van der Waals surface area contributed by atoms with Gasteiger partial charge in [0, 0.05) is 6.20 Å². The fourth-order valence-corrected chi connectivity index (χ4v) is 3.39. The predicted molar refractivity (Wildman–Crippen MR) is 101 cm³/mol. The molecule has 0 aliphatic carbocycles. The molecule has 1 unspecified atom stereocenters. The third-order valence-corrected chi connectivity index (χ3v) is 5.28. The molecule has 30 heavy (non-hydrogen) atoms. The van der Waals surface area contributed by atoms with Crippen LogP contribution >= 0.6 is 0 Å². The summed E-state index contributed by atoms with van der Waals surface area (Å²) < 4.78 is 36.0. The van der Waals surface area contributed by atoms with E-state index in [1.165, 1.54) is 0 Å². The highest BCUT2D eigenvalue weighted by Crippen LogP contribution is 2.53. The predicted octanol–water partition coefficient (Wildman–Crippen LogP) is 0.417. The average Bonchev–Trinajstić information content (AvgIpc) is 2.91. The molecule has 1 aliphatic rings. The van der Waals surface area contributed by atoms with Gasteiger partial charge in [0.25, 0.3) is 5.92 Å². The number of aliphatic hydroxyl groups is 1. The molecule has 2 heterocycles. The van der Waals surface area contributed by atoms with E-state index in [0.29, 0.717) is 4.57 Å². The van der Waals surface area contributed by atoms with E-state index in [0.717, 1.165) is 26.1 Å². The number of carboxylic acids is 1. The number of aliphatic hydroxyl groups excluding tert-OH is 1. The van der Waals surface area contributed by atoms with E-state index in [2.05, 4.69) is 10.3 Å². The second-order valence-electron chi connectivity index (χ2n) is 8.15. The molecular formula is C18H26F2N4O6. The number of rotatable bonds is 7. The molecule has 0 spiro atoms. The number of amides is 1. The summed E-state index contributed by atoms with van der Waals surface area (Å²) in [5.41, 5.74) is 2.60. The maximum absolute atomic E-state index is 15.2. The molecular weight excluding hydrogens is 406 g/mol. The molecule has 1 saturated heterocycles. The molecule has 0 bridgehead atoms. The summed E-state index contributed by atoms with van der Waals surface area (Å²) in [6.45, 7) is 4.78. The molecule has 1 aliphatic heterocycles. The first kappa shape index (κ1) is 23.8. The van der Waals surface area contributed by atoms with Crippen molar-refractivity contribution < 1.29 is 33.3 Å². The van der Waals surface area contributed by atoms with Crippen LogP contribution in [-0.2, 0) is 14.3 Å². The zero-order valence-electron chi connectivity index (χ0n) is 17.0. The number of hydrogen-bond donors (Lipinski definition) is 4. The van der Waals surface area contributed by atoms with E-state index >= 15 is 8.78 Å². The highest BCUT2D eigenvalue weighted by Gasteiger charge is 2.66. The lowest BCUT2D eigenvalue weighted by atomic mass is 9.73. The van der Waals surface area contributed by atoms with E-state index < -0.39 is 59.8 Å². The van der Waals surface area contributed by atoms with Crippen LogP contribution in [0.3, 0.4) is 0 Å². The van der Waals surface area contributed by atoms with Gasteiger partial charge in [-0.2, -0.15) is 4.98 Å². The third kappa shape index (κ3) is 4.20. The molecule has 12 heteroatoms. The normalized spacial score (nSPS) is 24.6. The minimum Gasteiger partial charge on any atom is -0.481 e. The smallest absolute Gasteiger partial charge is 0.351 e. The highest BCUT2D eigenvalue weighted by molar-refractivity contribution is 5.93. The van der Waals surface area contributed by atoms with Gasteiger partial charge in [-0.3, -0.25) is 14.2 Å². The Morgan fingerprint density at radius 1 is 1.43 bits per heavy atom. The molecule has 1 aromatic heterocycles. The maximum Gasteiger partial charge on any atom is 0.351 e. The molecule has 1 aromatic rings. The van der Waals surface area contributed by atoms with E-state index in [9.17, 15) is 24.6 Å². The first-order chi connectivity index (χ1) is 13.7. The number of carbonyl (C=O) groups is 2. The highest BCUT2D eigenvalue weighted by atomic mass is 19.3. The Labute approximate surface area is 171 Å². The number of halogens is 2. The van der Waals surface area contributed by atoms with Crippen molar-refractivity contribution in [3.8, 4) is 0 Å². The van der Waals surface area contributed by atoms with E-state index in [4.69, 9.17) is 10.5 Å². The van der Waals surface area contributed by atoms with Crippen LogP contribution in [0.1, 0.15) is 33.9 Å². The van der Waals surface area contributed by atoms with Crippen LogP contribution in [-0.4, -0.2) is 56.3 Å². The monoisotopic (exact) mass is 432 g/mol. The molecule has 1 amide bonds. The average molecular weight is 432 g/mol. The molecule has 0 aromatic carbocycles. The lowest BCUT2D eigenvalue weighted by molar-refractivity contribution is -0.167. The topological polar surface area (TPSA) is 157 Å². The first-order valence-corrected chi connectivity index (χ1v) is 9.28. The Morgan fingerprint density at radius 2 is 2.03 bits per heavy atom. The van der Waals surface area contributed by atoms with Crippen molar-refractivity contribution in [3.05, 3.63) is 22.7 Å². The van der Waals surface area contributed by atoms with Crippen LogP contribution < -0.4 is 16.7 Å². The summed E-state index contributed by atoms with van der Waals surface area (Å²) in [6, 6.07) is 0.260. The van der Waals surface area contributed by atoms with Crippen molar-refractivity contribution in [3.63, 3.8) is 0 Å². The first-order valence-electron chi connectivity index (χ1n) is 9.28. The van der Waals surface area contributed by atoms with E-state index in [-0.39, 0.29) is 11.7 Å². The van der Waals surface area contributed by atoms with Gasteiger partial charge >= 0.3 is 11.7 Å². The lowest BCUT2D eigenvalue weighted by Gasteiger charge is -2.33. The molecule has 5 N–H and O–H groups in total. The Balaban J connectivity index is 2.37. The number of hydrogen-bond acceptors (Lipinski definition) is 7. The number of ether oxygens (including phenoxy) is 1. The van der Waals surface area contributed by atoms with Crippen LogP contribution in [0.2, 0.25) is 0 Å². The Hall–Kier alpha value is -2.44. The van der Waals surface area contributed by atoms with Gasteiger partial charge in [0.15, 0.2) is 0 Å². The summed E-state index contributed by atoms with van der Waals surface area (Å²) in [6.07, 6.45) is -2.75. The van der Waals surface area contributed by atoms with Gasteiger partial charge in [-0.1, -0.05) is 13.8 Å². The summed E-state index contributed by atoms with van der Waals surface area (Å²) in [7, 11) is 0. The number of alkyl halides is 2. The van der Waals surface area contributed by atoms with Crippen molar-refractivity contribution in [2.75, 3.05) is 11.9 Å². The largest absolute Gasteiger partial charge is 0.481 e. The van der Waals surface area contributed by atoms with Gasteiger partial charge in [-0.15, -0.1) is 0 Å². The second kappa shape index (κ2) is 8.36. The van der Waals surface area contributed by atoms with Crippen molar-refractivity contribution >= 4 is 17.7 Å². The minimum absolute atomic E-state index is 0.180. The number of nitrogens with one attached hydrogen (secondary N) is 1. The Morgan fingerprint density at radius 3 is 2.50 bits per heavy atom. The molecule has 168 valence electrons. The van der Waals surface area contributed by atoms with Crippen LogP contribution in [0.5, 0.6) is 0 Å². The number of aliphatic carboxylic acids is 1. The van der Waals surface area contributed by atoms with Gasteiger partial charge in [0.1, 0.15) is 5.82 Å². The Bertz CT molecular complexity index is 872. The van der Waals surface area contributed by atoms with Crippen LogP contribution in [0.15, 0.2) is 17.1 Å². The lowest BCUT2D eigenvalue weighted by Crippen LogP contribution is -2.48.